The highest BCUT2D eigenvalue weighted by atomic mass is 16.2. The molecule has 2 aliphatic rings. The molecule has 1 amide bonds. The second kappa shape index (κ2) is 6.61. The van der Waals surface area contributed by atoms with Gasteiger partial charge in [0.2, 0.25) is 5.91 Å². The van der Waals surface area contributed by atoms with Crippen LogP contribution >= 0.6 is 0 Å². The Kier molecular flexibility index (Phi) is 4.59. The van der Waals surface area contributed by atoms with Gasteiger partial charge in [-0.05, 0) is 56.2 Å². The van der Waals surface area contributed by atoms with Gasteiger partial charge in [-0.25, -0.2) is 0 Å². The van der Waals surface area contributed by atoms with Crippen LogP contribution in [0.4, 0.5) is 5.69 Å². The fourth-order valence-electron chi connectivity index (χ4n) is 3.29. The predicted octanol–water partition coefficient (Wildman–Crippen LogP) is 3.13. The van der Waals surface area contributed by atoms with E-state index in [-0.39, 0.29) is 0 Å². The lowest BCUT2D eigenvalue weighted by Gasteiger charge is -2.29. The third-order valence-corrected chi connectivity index (χ3v) is 4.65. The van der Waals surface area contributed by atoms with Crippen LogP contribution in [0.2, 0.25) is 0 Å². The fraction of sp³-hybridized carbons (Fsp3) is 0.611. The molecule has 1 aliphatic carbocycles. The van der Waals surface area contributed by atoms with E-state index in [2.05, 4.69) is 36.5 Å². The van der Waals surface area contributed by atoms with Crippen molar-refractivity contribution < 1.29 is 4.79 Å². The van der Waals surface area contributed by atoms with Gasteiger partial charge in [0, 0.05) is 24.7 Å². The lowest BCUT2D eigenvalue weighted by atomic mass is 10.1. The van der Waals surface area contributed by atoms with E-state index in [9.17, 15) is 4.79 Å². The van der Waals surface area contributed by atoms with Crippen molar-refractivity contribution in [3.8, 4) is 0 Å². The number of amides is 1. The SMILES string of the molecule is CCCNC(CN1C(=O)CCCc2ccccc21)C1CC1. The summed E-state index contributed by atoms with van der Waals surface area (Å²) in [7, 11) is 0. The van der Waals surface area contributed by atoms with Gasteiger partial charge in [-0.15, -0.1) is 0 Å². The largest absolute Gasteiger partial charge is 0.312 e. The number of hydrogen-bond acceptors (Lipinski definition) is 2. The molecule has 114 valence electrons. The van der Waals surface area contributed by atoms with Crippen LogP contribution in [-0.4, -0.2) is 25.0 Å². The number of carbonyl (C=O) groups excluding carboxylic acids is 1. The summed E-state index contributed by atoms with van der Waals surface area (Å²) in [6.45, 7) is 4.08. The highest BCUT2D eigenvalue weighted by Gasteiger charge is 2.34. The van der Waals surface area contributed by atoms with Gasteiger partial charge in [-0.2, -0.15) is 0 Å². The molecule has 1 atom stereocenters. The Hall–Kier alpha value is -1.35. The van der Waals surface area contributed by atoms with E-state index in [0.717, 1.165) is 44.0 Å². The number of benzene rings is 1. The Morgan fingerprint density at radius 1 is 1.29 bits per heavy atom. The van der Waals surface area contributed by atoms with Crippen LogP contribution in [0, 0.1) is 5.92 Å². The van der Waals surface area contributed by atoms with E-state index in [1.54, 1.807) is 0 Å². The molecule has 1 fully saturated rings. The van der Waals surface area contributed by atoms with Crippen LogP contribution in [0.5, 0.6) is 0 Å². The standard InChI is InChI=1S/C18H26N2O/c1-2-12-19-16(14-10-11-14)13-20-17-8-4-3-6-15(17)7-5-9-18(20)21/h3-4,6,8,14,16,19H,2,5,7,9-13H2,1H3. The molecule has 0 saturated heterocycles. The Morgan fingerprint density at radius 2 is 2.10 bits per heavy atom. The minimum atomic E-state index is 0.295. The van der Waals surface area contributed by atoms with Gasteiger partial charge in [-0.1, -0.05) is 25.1 Å². The molecule has 1 aromatic carbocycles. The molecule has 3 rings (SSSR count). The lowest BCUT2D eigenvalue weighted by molar-refractivity contribution is -0.118. The zero-order valence-corrected chi connectivity index (χ0v) is 13.0. The highest BCUT2D eigenvalue weighted by Crippen LogP contribution is 2.35. The number of carbonyl (C=O) groups is 1. The molecule has 1 unspecified atom stereocenters. The number of aryl methyl sites for hydroxylation is 1. The molecular formula is C18H26N2O. The third kappa shape index (κ3) is 3.46. The zero-order chi connectivity index (χ0) is 14.7. The van der Waals surface area contributed by atoms with Crippen LogP contribution in [0.25, 0.3) is 0 Å². The summed E-state index contributed by atoms with van der Waals surface area (Å²) in [6, 6.07) is 8.88. The smallest absolute Gasteiger partial charge is 0.227 e. The molecule has 21 heavy (non-hydrogen) atoms. The molecule has 1 heterocycles. The number of nitrogens with one attached hydrogen (secondary N) is 1. The van der Waals surface area contributed by atoms with Crippen molar-refractivity contribution in [2.24, 2.45) is 5.92 Å². The molecule has 1 aromatic rings. The fourth-order valence-corrected chi connectivity index (χ4v) is 3.29. The van der Waals surface area contributed by atoms with Crippen molar-refractivity contribution in [2.45, 2.75) is 51.5 Å². The summed E-state index contributed by atoms with van der Waals surface area (Å²) < 4.78 is 0. The van der Waals surface area contributed by atoms with Gasteiger partial charge in [0.25, 0.3) is 0 Å². The zero-order valence-electron chi connectivity index (χ0n) is 13.0. The quantitative estimate of drug-likeness (QED) is 0.871. The predicted molar refractivity (Wildman–Crippen MR) is 86.5 cm³/mol. The normalized spacial score (nSPS) is 20.0. The van der Waals surface area contributed by atoms with Crippen molar-refractivity contribution in [1.29, 1.82) is 0 Å². The van der Waals surface area contributed by atoms with Crippen LogP contribution in [-0.2, 0) is 11.2 Å². The van der Waals surface area contributed by atoms with Crippen LogP contribution in [0.3, 0.4) is 0 Å². The minimum absolute atomic E-state index is 0.295. The number of nitrogens with zero attached hydrogens (tertiary/aromatic N) is 1. The number of anilines is 1. The summed E-state index contributed by atoms with van der Waals surface area (Å²) in [5.74, 6) is 1.06. The second-order valence-electron chi connectivity index (χ2n) is 6.38. The summed E-state index contributed by atoms with van der Waals surface area (Å²) in [5, 5.41) is 3.66. The van der Waals surface area contributed by atoms with E-state index in [1.807, 2.05) is 4.90 Å². The number of para-hydroxylation sites is 1. The van der Waals surface area contributed by atoms with Crippen molar-refractivity contribution in [3.63, 3.8) is 0 Å². The van der Waals surface area contributed by atoms with Gasteiger partial charge in [0.05, 0.1) is 0 Å². The summed E-state index contributed by atoms with van der Waals surface area (Å²) in [5.41, 5.74) is 2.47. The Balaban J connectivity index is 1.79. The molecule has 1 aliphatic heterocycles. The first-order valence-electron chi connectivity index (χ1n) is 8.41. The Labute approximate surface area is 127 Å². The first-order valence-corrected chi connectivity index (χ1v) is 8.41. The molecule has 0 radical (unpaired) electrons. The van der Waals surface area contributed by atoms with Gasteiger partial charge >= 0.3 is 0 Å². The summed E-state index contributed by atoms with van der Waals surface area (Å²) in [4.78, 5) is 14.6. The molecular weight excluding hydrogens is 260 g/mol. The molecule has 1 saturated carbocycles. The molecule has 3 heteroatoms. The van der Waals surface area contributed by atoms with Crippen LogP contribution in [0.1, 0.15) is 44.6 Å². The lowest BCUT2D eigenvalue weighted by Crippen LogP contribution is -2.45. The molecule has 3 nitrogen and oxygen atoms in total. The third-order valence-electron chi connectivity index (χ3n) is 4.65. The van der Waals surface area contributed by atoms with Crippen LogP contribution in [0.15, 0.2) is 24.3 Å². The maximum atomic E-state index is 12.5. The van der Waals surface area contributed by atoms with E-state index in [1.165, 1.54) is 18.4 Å². The first kappa shape index (κ1) is 14.6. The van der Waals surface area contributed by atoms with Gasteiger partial charge < -0.3 is 10.2 Å². The monoisotopic (exact) mass is 286 g/mol. The van der Waals surface area contributed by atoms with E-state index in [0.29, 0.717) is 18.4 Å². The Bertz CT molecular complexity index is 496. The molecule has 0 bridgehead atoms. The minimum Gasteiger partial charge on any atom is -0.312 e. The van der Waals surface area contributed by atoms with E-state index >= 15 is 0 Å². The summed E-state index contributed by atoms with van der Waals surface area (Å²) in [6.07, 6.45) is 6.45. The van der Waals surface area contributed by atoms with Gasteiger partial charge in [-0.3, -0.25) is 4.79 Å². The van der Waals surface area contributed by atoms with Crippen LogP contribution < -0.4 is 10.2 Å². The van der Waals surface area contributed by atoms with Crippen molar-refractivity contribution in [1.82, 2.24) is 5.32 Å². The number of fused-ring (bicyclic) bond motifs is 1. The second-order valence-corrected chi connectivity index (χ2v) is 6.38. The number of hydrogen-bond donors (Lipinski definition) is 1. The van der Waals surface area contributed by atoms with Crippen molar-refractivity contribution >= 4 is 11.6 Å². The molecule has 0 spiro atoms. The van der Waals surface area contributed by atoms with E-state index < -0.39 is 0 Å². The van der Waals surface area contributed by atoms with Crippen molar-refractivity contribution in [3.05, 3.63) is 29.8 Å². The topological polar surface area (TPSA) is 32.3 Å². The molecule has 1 N–H and O–H groups in total. The average molecular weight is 286 g/mol. The first-order chi connectivity index (χ1) is 10.3. The van der Waals surface area contributed by atoms with Gasteiger partial charge in [0.15, 0.2) is 0 Å². The Morgan fingerprint density at radius 3 is 2.86 bits per heavy atom. The maximum Gasteiger partial charge on any atom is 0.227 e. The highest BCUT2D eigenvalue weighted by molar-refractivity contribution is 5.94. The van der Waals surface area contributed by atoms with Crippen molar-refractivity contribution in [2.75, 3.05) is 18.0 Å². The average Bonchev–Trinajstić information content (AvgIpc) is 3.33. The summed E-state index contributed by atoms with van der Waals surface area (Å²) >= 11 is 0. The maximum absolute atomic E-state index is 12.5. The van der Waals surface area contributed by atoms with E-state index in [4.69, 9.17) is 0 Å². The molecule has 0 aromatic heterocycles. The van der Waals surface area contributed by atoms with Gasteiger partial charge in [0.1, 0.15) is 0 Å². The number of rotatable bonds is 6.